The van der Waals surface area contributed by atoms with Gasteiger partial charge in [-0.2, -0.15) is 0 Å². The van der Waals surface area contributed by atoms with E-state index in [2.05, 4.69) is 43.0 Å². The average Bonchev–Trinajstić information content (AvgIpc) is 2.37. The quantitative estimate of drug-likeness (QED) is 0.749. The van der Waals surface area contributed by atoms with E-state index in [0.717, 1.165) is 32.4 Å². The van der Waals surface area contributed by atoms with Gasteiger partial charge in [0, 0.05) is 6.04 Å². The maximum Gasteiger partial charge on any atom is 0.0590 e. The van der Waals surface area contributed by atoms with E-state index in [1.54, 1.807) is 0 Å². The van der Waals surface area contributed by atoms with Crippen LogP contribution in [0.25, 0.3) is 0 Å². The third kappa shape index (κ3) is 4.88. The molecular weight excluding hydrogens is 210 g/mol. The molecule has 0 aliphatic heterocycles. The average molecular weight is 235 g/mol. The van der Waals surface area contributed by atoms with Crippen LogP contribution >= 0.6 is 0 Å². The first-order valence-electron chi connectivity index (χ1n) is 6.70. The minimum Gasteiger partial charge on any atom is -0.395 e. The topological polar surface area (TPSA) is 23.5 Å². The summed E-state index contributed by atoms with van der Waals surface area (Å²) in [6, 6.07) is 10.7. The van der Waals surface area contributed by atoms with Gasteiger partial charge in [-0.15, -0.1) is 0 Å². The molecule has 0 aliphatic carbocycles. The highest BCUT2D eigenvalue weighted by Crippen LogP contribution is 2.10. The fourth-order valence-electron chi connectivity index (χ4n) is 2.25. The maximum atomic E-state index is 9.57. The van der Waals surface area contributed by atoms with Gasteiger partial charge in [0.2, 0.25) is 0 Å². The lowest BCUT2D eigenvalue weighted by Gasteiger charge is -2.30. The summed E-state index contributed by atoms with van der Waals surface area (Å²) in [7, 11) is 0. The van der Waals surface area contributed by atoms with Gasteiger partial charge >= 0.3 is 0 Å². The molecule has 1 rings (SSSR count). The van der Waals surface area contributed by atoms with Crippen molar-refractivity contribution in [3.05, 3.63) is 35.9 Å². The molecule has 1 atom stereocenters. The van der Waals surface area contributed by atoms with Gasteiger partial charge in [-0.05, 0) is 37.9 Å². The third-order valence-electron chi connectivity index (χ3n) is 3.06. The number of aliphatic hydroxyl groups is 1. The molecule has 0 heterocycles. The van der Waals surface area contributed by atoms with Crippen molar-refractivity contribution in [2.45, 2.75) is 39.2 Å². The number of rotatable bonds is 8. The van der Waals surface area contributed by atoms with Crippen LogP contribution in [0.1, 0.15) is 32.3 Å². The van der Waals surface area contributed by atoms with Gasteiger partial charge in [0.15, 0.2) is 0 Å². The van der Waals surface area contributed by atoms with E-state index in [4.69, 9.17) is 0 Å². The summed E-state index contributed by atoms with van der Waals surface area (Å²) in [4.78, 5) is 2.41. The van der Waals surface area contributed by atoms with Gasteiger partial charge < -0.3 is 5.11 Å². The summed E-state index contributed by atoms with van der Waals surface area (Å²) in [5.74, 6) is 0. The van der Waals surface area contributed by atoms with Gasteiger partial charge in [0.25, 0.3) is 0 Å². The molecule has 0 fully saturated rings. The van der Waals surface area contributed by atoms with Crippen LogP contribution in [0.3, 0.4) is 0 Å². The predicted octanol–water partition coefficient (Wildman–Crippen LogP) is 2.71. The molecule has 0 spiro atoms. The molecule has 0 aromatic heterocycles. The minimum absolute atomic E-state index is 0.245. The van der Waals surface area contributed by atoms with Crippen LogP contribution < -0.4 is 0 Å². The van der Waals surface area contributed by atoms with Crippen molar-refractivity contribution >= 4 is 0 Å². The Morgan fingerprint density at radius 3 is 2.12 bits per heavy atom. The minimum atomic E-state index is 0.245. The number of nitrogens with zero attached hydrogens (tertiary/aromatic N) is 1. The van der Waals surface area contributed by atoms with Crippen LogP contribution in [0.15, 0.2) is 30.3 Å². The van der Waals surface area contributed by atoms with Crippen LogP contribution in [0.4, 0.5) is 0 Å². The molecule has 1 aromatic rings. The Bertz CT molecular complexity index is 280. The highest BCUT2D eigenvalue weighted by atomic mass is 16.3. The first-order chi connectivity index (χ1) is 8.31. The summed E-state index contributed by atoms with van der Waals surface area (Å²) < 4.78 is 0. The van der Waals surface area contributed by atoms with E-state index in [-0.39, 0.29) is 12.6 Å². The second kappa shape index (κ2) is 8.26. The molecule has 0 aliphatic rings. The first kappa shape index (κ1) is 14.2. The number of benzene rings is 1. The van der Waals surface area contributed by atoms with E-state index in [9.17, 15) is 5.11 Å². The van der Waals surface area contributed by atoms with Crippen LogP contribution in [0.5, 0.6) is 0 Å². The zero-order valence-electron chi connectivity index (χ0n) is 11.1. The molecule has 2 heteroatoms. The van der Waals surface area contributed by atoms with Crippen molar-refractivity contribution in [1.29, 1.82) is 0 Å². The van der Waals surface area contributed by atoms with E-state index in [1.807, 2.05) is 6.07 Å². The van der Waals surface area contributed by atoms with E-state index < -0.39 is 0 Å². The molecule has 0 saturated heterocycles. The van der Waals surface area contributed by atoms with Crippen LogP contribution in [0.2, 0.25) is 0 Å². The highest BCUT2D eigenvalue weighted by Gasteiger charge is 2.16. The van der Waals surface area contributed by atoms with Crippen molar-refractivity contribution < 1.29 is 5.11 Å². The van der Waals surface area contributed by atoms with Crippen molar-refractivity contribution in [1.82, 2.24) is 4.90 Å². The maximum absolute atomic E-state index is 9.57. The summed E-state index contributed by atoms with van der Waals surface area (Å²) >= 11 is 0. The highest BCUT2D eigenvalue weighted by molar-refractivity contribution is 5.15. The van der Waals surface area contributed by atoms with E-state index in [0.29, 0.717) is 0 Å². The van der Waals surface area contributed by atoms with Crippen LogP contribution in [0, 0.1) is 0 Å². The third-order valence-corrected chi connectivity index (χ3v) is 3.06. The Hall–Kier alpha value is -0.860. The normalized spacial score (nSPS) is 12.9. The molecule has 0 radical (unpaired) electrons. The zero-order valence-corrected chi connectivity index (χ0v) is 11.1. The summed E-state index contributed by atoms with van der Waals surface area (Å²) in [6.07, 6.45) is 3.23. The molecule has 0 saturated carbocycles. The van der Waals surface area contributed by atoms with Crippen molar-refractivity contribution in [2.75, 3.05) is 19.7 Å². The van der Waals surface area contributed by atoms with Gasteiger partial charge in [-0.1, -0.05) is 44.2 Å². The van der Waals surface area contributed by atoms with Crippen molar-refractivity contribution in [3.63, 3.8) is 0 Å². The lowest BCUT2D eigenvalue weighted by atomic mass is 10.0. The van der Waals surface area contributed by atoms with Crippen LogP contribution in [-0.4, -0.2) is 35.7 Å². The summed E-state index contributed by atoms with van der Waals surface area (Å²) in [5, 5.41) is 9.57. The monoisotopic (exact) mass is 235 g/mol. The van der Waals surface area contributed by atoms with Crippen LogP contribution in [-0.2, 0) is 6.42 Å². The molecule has 0 amide bonds. The molecule has 2 nitrogen and oxygen atoms in total. The Morgan fingerprint density at radius 2 is 1.65 bits per heavy atom. The number of hydrogen-bond acceptors (Lipinski definition) is 2. The largest absolute Gasteiger partial charge is 0.395 e. The predicted molar refractivity (Wildman–Crippen MR) is 73.2 cm³/mol. The smallest absolute Gasteiger partial charge is 0.0590 e. The van der Waals surface area contributed by atoms with Crippen molar-refractivity contribution in [3.8, 4) is 0 Å². The Balaban J connectivity index is 2.61. The zero-order chi connectivity index (χ0) is 12.5. The fourth-order valence-corrected chi connectivity index (χ4v) is 2.25. The van der Waals surface area contributed by atoms with E-state index >= 15 is 0 Å². The molecule has 1 N–H and O–H groups in total. The molecule has 0 unspecified atom stereocenters. The number of hydrogen-bond donors (Lipinski definition) is 1. The lowest BCUT2D eigenvalue weighted by molar-refractivity contribution is 0.122. The SMILES string of the molecule is CCCN(CCC)[C@H](CO)Cc1ccccc1. The van der Waals surface area contributed by atoms with Gasteiger partial charge in [-0.25, -0.2) is 0 Å². The lowest BCUT2D eigenvalue weighted by Crippen LogP contribution is -2.40. The van der Waals surface area contributed by atoms with Gasteiger partial charge in [0.1, 0.15) is 0 Å². The molecule has 1 aromatic carbocycles. The molecule has 0 bridgehead atoms. The second-order valence-corrected chi connectivity index (χ2v) is 4.56. The first-order valence-corrected chi connectivity index (χ1v) is 6.70. The van der Waals surface area contributed by atoms with Gasteiger partial charge in [-0.3, -0.25) is 4.90 Å². The Morgan fingerprint density at radius 1 is 1.06 bits per heavy atom. The molecule has 17 heavy (non-hydrogen) atoms. The Labute approximate surface area is 105 Å². The standard InChI is InChI=1S/C15H25NO/c1-3-10-16(11-4-2)15(13-17)12-14-8-6-5-7-9-14/h5-9,15,17H,3-4,10-13H2,1-2H3/t15-/m0/s1. The van der Waals surface area contributed by atoms with Crippen molar-refractivity contribution in [2.24, 2.45) is 0 Å². The molecular formula is C15H25NO. The second-order valence-electron chi connectivity index (χ2n) is 4.56. The van der Waals surface area contributed by atoms with Gasteiger partial charge in [0.05, 0.1) is 6.61 Å². The van der Waals surface area contributed by atoms with E-state index in [1.165, 1.54) is 5.56 Å². The fraction of sp³-hybridized carbons (Fsp3) is 0.600. The molecule has 96 valence electrons. The Kier molecular flexibility index (Phi) is 6.90. The number of aliphatic hydroxyl groups excluding tert-OH is 1. The summed E-state index contributed by atoms with van der Waals surface area (Å²) in [6.45, 7) is 6.78. The summed E-state index contributed by atoms with van der Waals surface area (Å²) in [5.41, 5.74) is 1.31.